The molecule has 1 aliphatic carbocycles. The Morgan fingerprint density at radius 3 is 2.44 bits per heavy atom. The third-order valence-corrected chi connectivity index (χ3v) is 4.30. The minimum atomic E-state index is 0.727. The van der Waals surface area contributed by atoms with Crippen LogP contribution in [0.1, 0.15) is 51.9 Å². The number of ether oxygens (including phenoxy) is 1. The zero-order chi connectivity index (χ0) is 11.2. The highest BCUT2D eigenvalue weighted by Gasteiger charge is 2.30. The topological polar surface area (TPSA) is 21.3 Å². The predicted molar refractivity (Wildman–Crippen MR) is 67.6 cm³/mol. The van der Waals surface area contributed by atoms with Crippen LogP contribution in [0, 0.1) is 11.8 Å². The standard InChI is InChI=1S/C14H27NO/c1-2-15-14(12-7-4-3-5-8-12)13-9-6-10-16-11-13/h12-15H,2-11H2,1H3. The van der Waals surface area contributed by atoms with Gasteiger partial charge in [-0.2, -0.15) is 0 Å². The van der Waals surface area contributed by atoms with Crippen LogP contribution >= 0.6 is 0 Å². The van der Waals surface area contributed by atoms with Gasteiger partial charge in [0, 0.05) is 12.6 Å². The molecule has 0 spiro atoms. The van der Waals surface area contributed by atoms with E-state index in [1.54, 1.807) is 0 Å². The van der Waals surface area contributed by atoms with Gasteiger partial charge in [-0.05, 0) is 44.1 Å². The van der Waals surface area contributed by atoms with E-state index in [2.05, 4.69) is 12.2 Å². The average Bonchev–Trinajstić information content (AvgIpc) is 2.38. The summed E-state index contributed by atoms with van der Waals surface area (Å²) in [7, 11) is 0. The van der Waals surface area contributed by atoms with Gasteiger partial charge in [0.1, 0.15) is 0 Å². The van der Waals surface area contributed by atoms with E-state index < -0.39 is 0 Å². The maximum absolute atomic E-state index is 5.66. The van der Waals surface area contributed by atoms with Gasteiger partial charge in [-0.1, -0.05) is 26.2 Å². The summed E-state index contributed by atoms with van der Waals surface area (Å²) >= 11 is 0. The van der Waals surface area contributed by atoms with E-state index >= 15 is 0 Å². The van der Waals surface area contributed by atoms with Crippen LogP contribution < -0.4 is 5.32 Å². The molecule has 2 fully saturated rings. The van der Waals surface area contributed by atoms with Gasteiger partial charge in [-0.25, -0.2) is 0 Å². The number of nitrogens with one attached hydrogen (secondary N) is 1. The van der Waals surface area contributed by atoms with Crippen molar-refractivity contribution in [3.63, 3.8) is 0 Å². The molecule has 2 heteroatoms. The first-order chi connectivity index (χ1) is 7.92. The molecule has 1 N–H and O–H groups in total. The molecular formula is C14H27NO. The van der Waals surface area contributed by atoms with E-state index in [0.717, 1.165) is 37.6 Å². The first kappa shape index (κ1) is 12.4. The van der Waals surface area contributed by atoms with Crippen molar-refractivity contribution in [1.29, 1.82) is 0 Å². The van der Waals surface area contributed by atoms with E-state index in [-0.39, 0.29) is 0 Å². The minimum absolute atomic E-state index is 0.727. The average molecular weight is 225 g/mol. The van der Waals surface area contributed by atoms with Crippen molar-refractivity contribution in [2.24, 2.45) is 11.8 Å². The molecule has 0 aromatic carbocycles. The van der Waals surface area contributed by atoms with Crippen molar-refractivity contribution in [2.75, 3.05) is 19.8 Å². The molecule has 1 saturated carbocycles. The van der Waals surface area contributed by atoms with Crippen molar-refractivity contribution < 1.29 is 4.74 Å². The largest absolute Gasteiger partial charge is 0.381 e. The minimum Gasteiger partial charge on any atom is -0.381 e. The van der Waals surface area contributed by atoms with Gasteiger partial charge in [-0.15, -0.1) is 0 Å². The summed E-state index contributed by atoms with van der Waals surface area (Å²) in [5, 5.41) is 3.74. The molecule has 94 valence electrons. The zero-order valence-electron chi connectivity index (χ0n) is 10.7. The molecule has 2 unspecified atom stereocenters. The highest BCUT2D eigenvalue weighted by atomic mass is 16.5. The fourth-order valence-corrected chi connectivity index (χ4v) is 3.50. The van der Waals surface area contributed by atoms with Crippen LogP contribution in [0.5, 0.6) is 0 Å². The lowest BCUT2D eigenvalue weighted by Gasteiger charge is -2.38. The number of rotatable bonds is 4. The Morgan fingerprint density at radius 2 is 1.81 bits per heavy atom. The molecule has 1 saturated heterocycles. The monoisotopic (exact) mass is 225 g/mol. The van der Waals surface area contributed by atoms with E-state index in [9.17, 15) is 0 Å². The molecule has 1 aliphatic heterocycles. The SMILES string of the molecule is CCNC(C1CCCCC1)C1CCCOC1. The molecule has 16 heavy (non-hydrogen) atoms. The van der Waals surface area contributed by atoms with Crippen LogP contribution in [0.3, 0.4) is 0 Å². The first-order valence-electron chi connectivity index (χ1n) is 7.23. The lowest BCUT2D eigenvalue weighted by molar-refractivity contribution is 0.0248. The molecule has 2 aliphatic rings. The molecule has 2 nitrogen and oxygen atoms in total. The number of hydrogen-bond acceptors (Lipinski definition) is 2. The first-order valence-corrected chi connectivity index (χ1v) is 7.23. The zero-order valence-corrected chi connectivity index (χ0v) is 10.7. The van der Waals surface area contributed by atoms with Gasteiger partial charge < -0.3 is 10.1 Å². The third kappa shape index (κ3) is 3.21. The van der Waals surface area contributed by atoms with E-state index in [1.165, 1.54) is 44.9 Å². The molecule has 0 aromatic heterocycles. The highest BCUT2D eigenvalue weighted by molar-refractivity contribution is 4.85. The van der Waals surface area contributed by atoms with Gasteiger partial charge in [0.15, 0.2) is 0 Å². The molecule has 1 heterocycles. The summed E-state index contributed by atoms with van der Waals surface area (Å²) in [4.78, 5) is 0. The van der Waals surface area contributed by atoms with Crippen LogP contribution in [0.25, 0.3) is 0 Å². The Hall–Kier alpha value is -0.0800. The lowest BCUT2D eigenvalue weighted by Crippen LogP contribution is -2.45. The van der Waals surface area contributed by atoms with Crippen molar-refractivity contribution in [3.8, 4) is 0 Å². The molecule has 0 bridgehead atoms. The van der Waals surface area contributed by atoms with Gasteiger partial charge in [0.25, 0.3) is 0 Å². The van der Waals surface area contributed by atoms with E-state index in [0.29, 0.717) is 0 Å². The third-order valence-electron chi connectivity index (χ3n) is 4.30. The number of hydrogen-bond donors (Lipinski definition) is 1. The second-order valence-electron chi connectivity index (χ2n) is 5.46. The summed E-state index contributed by atoms with van der Waals surface area (Å²) in [6.07, 6.45) is 9.85. The smallest absolute Gasteiger partial charge is 0.0509 e. The molecular weight excluding hydrogens is 198 g/mol. The molecule has 0 aromatic rings. The Balaban J connectivity index is 1.91. The maximum atomic E-state index is 5.66. The Bertz CT molecular complexity index is 165. The lowest BCUT2D eigenvalue weighted by atomic mass is 9.77. The fourth-order valence-electron chi connectivity index (χ4n) is 3.50. The van der Waals surface area contributed by atoms with Crippen LogP contribution in [0.2, 0.25) is 0 Å². The summed E-state index contributed by atoms with van der Waals surface area (Å²) in [5.41, 5.74) is 0. The molecule has 2 rings (SSSR count). The Morgan fingerprint density at radius 1 is 1.06 bits per heavy atom. The summed E-state index contributed by atoms with van der Waals surface area (Å²) in [6, 6.07) is 0.727. The van der Waals surface area contributed by atoms with Crippen LogP contribution in [-0.2, 0) is 4.74 Å². The van der Waals surface area contributed by atoms with E-state index in [4.69, 9.17) is 4.74 Å². The van der Waals surface area contributed by atoms with Gasteiger partial charge in [0.2, 0.25) is 0 Å². The second-order valence-corrected chi connectivity index (χ2v) is 5.46. The highest BCUT2D eigenvalue weighted by Crippen LogP contribution is 2.32. The van der Waals surface area contributed by atoms with Gasteiger partial charge in [-0.3, -0.25) is 0 Å². The predicted octanol–water partition coefficient (Wildman–Crippen LogP) is 2.97. The van der Waals surface area contributed by atoms with Gasteiger partial charge >= 0.3 is 0 Å². The van der Waals surface area contributed by atoms with Crippen LogP contribution in [0.4, 0.5) is 0 Å². The van der Waals surface area contributed by atoms with Crippen molar-refractivity contribution >= 4 is 0 Å². The van der Waals surface area contributed by atoms with Crippen LogP contribution in [-0.4, -0.2) is 25.8 Å². The van der Waals surface area contributed by atoms with Crippen molar-refractivity contribution in [3.05, 3.63) is 0 Å². The molecule has 0 radical (unpaired) electrons. The summed E-state index contributed by atoms with van der Waals surface area (Å²) in [6.45, 7) is 5.32. The van der Waals surface area contributed by atoms with Crippen molar-refractivity contribution in [1.82, 2.24) is 5.32 Å². The Kier molecular flexibility index (Phi) is 5.11. The quantitative estimate of drug-likeness (QED) is 0.794. The van der Waals surface area contributed by atoms with Crippen molar-refractivity contribution in [2.45, 2.75) is 57.9 Å². The summed E-state index contributed by atoms with van der Waals surface area (Å²) < 4.78 is 5.66. The Labute approximate surface area is 100 Å². The normalized spacial score (nSPS) is 30.2. The van der Waals surface area contributed by atoms with E-state index in [1.807, 2.05) is 0 Å². The second kappa shape index (κ2) is 6.61. The molecule has 0 amide bonds. The van der Waals surface area contributed by atoms with Crippen LogP contribution in [0.15, 0.2) is 0 Å². The summed E-state index contributed by atoms with van der Waals surface area (Å²) in [5.74, 6) is 1.69. The maximum Gasteiger partial charge on any atom is 0.0509 e. The molecule has 2 atom stereocenters. The fraction of sp³-hybridized carbons (Fsp3) is 1.00. The van der Waals surface area contributed by atoms with Gasteiger partial charge in [0.05, 0.1) is 6.61 Å².